The van der Waals surface area contributed by atoms with Gasteiger partial charge in [-0.25, -0.2) is 0 Å². The van der Waals surface area contributed by atoms with Crippen molar-refractivity contribution >= 4 is 11.3 Å². The molecule has 0 saturated carbocycles. The quantitative estimate of drug-likeness (QED) is 0.862. The van der Waals surface area contributed by atoms with Gasteiger partial charge >= 0.3 is 0 Å². The second-order valence-corrected chi connectivity index (χ2v) is 4.77. The van der Waals surface area contributed by atoms with Crippen molar-refractivity contribution in [3.05, 3.63) is 39.8 Å². The topological polar surface area (TPSA) is 43.8 Å². The molecule has 80 valence electrons. The van der Waals surface area contributed by atoms with Crippen molar-refractivity contribution in [3.63, 3.8) is 0 Å². The number of thiophene rings is 1. The summed E-state index contributed by atoms with van der Waals surface area (Å²) in [7, 11) is 1.92. The number of nitrogens with two attached hydrogens (primary N) is 1. The molecule has 0 aliphatic rings. The molecule has 0 radical (unpaired) electrons. The fourth-order valence-corrected chi connectivity index (χ4v) is 2.50. The Morgan fingerprint density at radius 2 is 2.40 bits per heavy atom. The van der Waals surface area contributed by atoms with Crippen LogP contribution in [0.25, 0.3) is 0 Å². The molecule has 2 rings (SSSR count). The zero-order valence-corrected chi connectivity index (χ0v) is 9.79. The number of hydrogen-bond donors (Lipinski definition) is 1. The molecule has 0 bridgehead atoms. The average molecular weight is 221 g/mol. The van der Waals surface area contributed by atoms with E-state index < -0.39 is 0 Å². The molecule has 2 aromatic rings. The van der Waals surface area contributed by atoms with Crippen LogP contribution in [0.3, 0.4) is 0 Å². The Kier molecular flexibility index (Phi) is 2.88. The van der Waals surface area contributed by atoms with Crippen molar-refractivity contribution in [3.8, 4) is 0 Å². The van der Waals surface area contributed by atoms with Crippen LogP contribution in [0.1, 0.15) is 22.2 Å². The number of nitrogens with zero attached hydrogens (tertiary/aromatic N) is 2. The molecule has 1 unspecified atom stereocenters. The largest absolute Gasteiger partial charge is 0.324 e. The van der Waals surface area contributed by atoms with Gasteiger partial charge in [-0.1, -0.05) is 6.07 Å². The Hall–Kier alpha value is -1.13. The van der Waals surface area contributed by atoms with E-state index in [1.54, 1.807) is 11.3 Å². The molecule has 2 aromatic heterocycles. The monoisotopic (exact) mass is 221 g/mol. The third-order valence-electron chi connectivity index (χ3n) is 2.45. The third-order valence-corrected chi connectivity index (χ3v) is 3.35. The summed E-state index contributed by atoms with van der Waals surface area (Å²) in [5.41, 5.74) is 8.33. The van der Waals surface area contributed by atoms with Crippen LogP contribution in [0.5, 0.6) is 0 Å². The summed E-state index contributed by atoms with van der Waals surface area (Å²) >= 11 is 1.75. The highest BCUT2D eigenvalue weighted by Gasteiger charge is 2.12. The Morgan fingerprint density at radius 1 is 1.60 bits per heavy atom. The Labute approximate surface area is 93.5 Å². The van der Waals surface area contributed by atoms with Crippen molar-refractivity contribution in [1.29, 1.82) is 0 Å². The lowest BCUT2D eigenvalue weighted by molar-refractivity contribution is 0.722. The predicted molar refractivity (Wildman–Crippen MR) is 62.9 cm³/mol. The van der Waals surface area contributed by atoms with E-state index >= 15 is 0 Å². The SMILES string of the molecule is Cc1nn(C)cc1C(N)Cc1cccs1. The molecule has 0 amide bonds. The molecular weight excluding hydrogens is 206 g/mol. The molecule has 1 atom stereocenters. The first-order valence-electron chi connectivity index (χ1n) is 4.95. The first-order chi connectivity index (χ1) is 7.16. The van der Waals surface area contributed by atoms with E-state index in [0.29, 0.717) is 0 Å². The van der Waals surface area contributed by atoms with Gasteiger partial charge in [0.2, 0.25) is 0 Å². The molecule has 0 spiro atoms. The predicted octanol–water partition coefficient (Wildman–Crippen LogP) is 2.03. The maximum absolute atomic E-state index is 6.15. The molecule has 0 aliphatic heterocycles. The molecule has 0 saturated heterocycles. The van der Waals surface area contributed by atoms with Crippen molar-refractivity contribution < 1.29 is 0 Å². The Morgan fingerprint density at radius 3 is 2.93 bits per heavy atom. The van der Waals surface area contributed by atoms with Crippen molar-refractivity contribution in [2.45, 2.75) is 19.4 Å². The molecular formula is C11H15N3S. The summed E-state index contributed by atoms with van der Waals surface area (Å²) in [4.78, 5) is 1.32. The third kappa shape index (κ3) is 2.27. The lowest BCUT2D eigenvalue weighted by Gasteiger charge is -2.08. The van der Waals surface area contributed by atoms with Crippen molar-refractivity contribution in [2.24, 2.45) is 12.8 Å². The summed E-state index contributed by atoms with van der Waals surface area (Å²) in [6, 6.07) is 4.23. The first-order valence-corrected chi connectivity index (χ1v) is 5.83. The van der Waals surface area contributed by atoms with E-state index in [9.17, 15) is 0 Å². The van der Waals surface area contributed by atoms with Crippen LogP contribution in [0.15, 0.2) is 23.7 Å². The lowest BCUT2D eigenvalue weighted by Crippen LogP contribution is -2.13. The maximum Gasteiger partial charge on any atom is 0.0641 e. The van der Waals surface area contributed by atoms with Gasteiger partial charge in [-0.15, -0.1) is 11.3 Å². The van der Waals surface area contributed by atoms with Crippen LogP contribution >= 0.6 is 11.3 Å². The number of rotatable bonds is 3. The first kappa shape index (κ1) is 10.4. The van der Waals surface area contributed by atoms with Gasteiger partial charge in [-0.3, -0.25) is 4.68 Å². The van der Waals surface area contributed by atoms with Crippen LogP contribution in [0, 0.1) is 6.92 Å². The minimum absolute atomic E-state index is 0.0531. The van der Waals surface area contributed by atoms with Crippen LogP contribution in [-0.2, 0) is 13.5 Å². The highest BCUT2D eigenvalue weighted by atomic mass is 32.1. The summed E-state index contributed by atoms with van der Waals surface area (Å²) in [6.07, 6.45) is 2.90. The van der Waals surface area contributed by atoms with Crippen LogP contribution in [0.2, 0.25) is 0 Å². The van der Waals surface area contributed by atoms with E-state index in [-0.39, 0.29) is 6.04 Å². The highest BCUT2D eigenvalue weighted by Crippen LogP contribution is 2.20. The second kappa shape index (κ2) is 4.16. The Balaban J connectivity index is 2.14. The van der Waals surface area contributed by atoms with Gasteiger partial charge in [0, 0.05) is 36.1 Å². The molecule has 4 heteroatoms. The van der Waals surface area contributed by atoms with Gasteiger partial charge in [-0.2, -0.15) is 5.10 Å². The van der Waals surface area contributed by atoms with Gasteiger partial charge in [0.05, 0.1) is 5.69 Å². The lowest BCUT2D eigenvalue weighted by atomic mass is 10.1. The highest BCUT2D eigenvalue weighted by molar-refractivity contribution is 7.09. The molecule has 15 heavy (non-hydrogen) atoms. The van der Waals surface area contributed by atoms with Gasteiger partial charge in [0.25, 0.3) is 0 Å². The minimum Gasteiger partial charge on any atom is -0.324 e. The normalized spacial score (nSPS) is 13.0. The van der Waals surface area contributed by atoms with Crippen LogP contribution in [0.4, 0.5) is 0 Å². The summed E-state index contributed by atoms with van der Waals surface area (Å²) in [5.74, 6) is 0. The smallest absolute Gasteiger partial charge is 0.0641 e. The van der Waals surface area contributed by atoms with E-state index in [4.69, 9.17) is 5.73 Å². The molecule has 2 heterocycles. The zero-order chi connectivity index (χ0) is 10.8. The summed E-state index contributed by atoms with van der Waals surface area (Å²) in [6.45, 7) is 2.00. The summed E-state index contributed by atoms with van der Waals surface area (Å²) in [5, 5.41) is 6.38. The fraction of sp³-hybridized carbons (Fsp3) is 0.364. The standard InChI is InChI=1S/C11H15N3S/c1-8-10(7-14(2)13-8)11(12)6-9-4-3-5-15-9/h3-5,7,11H,6,12H2,1-2H3. The molecule has 2 N–H and O–H groups in total. The number of aromatic nitrogens is 2. The molecule has 3 nitrogen and oxygen atoms in total. The van der Waals surface area contributed by atoms with Gasteiger partial charge in [0.15, 0.2) is 0 Å². The molecule has 0 aliphatic carbocycles. The fourth-order valence-electron chi connectivity index (χ4n) is 1.74. The van der Waals surface area contributed by atoms with E-state index in [2.05, 4.69) is 22.6 Å². The molecule has 0 fully saturated rings. The summed E-state index contributed by atoms with van der Waals surface area (Å²) < 4.78 is 1.82. The van der Waals surface area contributed by atoms with Gasteiger partial charge < -0.3 is 5.73 Å². The van der Waals surface area contributed by atoms with Gasteiger partial charge in [0.1, 0.15) is 0 Å². The van der Waals surface area contributed by atoms with Crippen LogP contribution < -0.4 is 5.73 Å². The number of hydrogen-bond acceptors (Lipinski definition) is 3. The van der Waals surface area contributed by atoms with Crippen LogP contribution in [-0.4, -0.2) is 9.78 Å². The molecule has 0 aromatic carbocycles. The average Bonchev–Trinajstić information content (AvgIpc) is 2.75. The number of aryl methyl sites for hydroxylation is 2. The maximum atomic E-state index is 6.15. The zero-order valence-electron chi connectivity index (χ0n) is 8.97. The van der Waals surface area contributed by atoms with E-state index in [1.807, 2.05) is 24.9 Å². The van der Waals surface area contributed by atoms with Crippen molar-refractivity contribution in [2.75, 3.05) is 0 Å². The minimum atomic E-state index is 0.0531. The Bertz CT molecular complexity index is 431. The van der Waals surface area contributed by atoms with E-state index in [0.717, 1.165) is 17.7 Å². The second-order valence-electron chi connectivity index (χ2n) is 3.73. The van der Waals surface area contributed by atoms with E-state index in [1.165, 1.54) is 4.88 Å². The van der Waals surface area contributed by atoms with Crippen molar-refractivity contribution in [1.82, 2.24) is 9.78 Å². The van der Waals surface area contributed by atoms with Gasteiger partial charge in [-0.05, 0) is 18.4 Å².